The third-order valence-corrected chi connectivity index (χ3v) is 3.41. The zero-order valence-electron chi connectivity index (χ0n) is 10.8. The third kappa shape index (κ3) is 1.92. The van der Waals surface area contributed by atoms with E-state index in [0.717, 1.165) is 5.69 Å². The molecule has 2 aromatic carbocycles. The molecule has 0 bridgehead atoms. The highest BCUT2D eigenvalue weighted by Crippen LogP contribution is 2.21. The van der Waals surface area contributed by atoms with Gasteiger partial charge in [-0.05, 0) is 36.5 Å². The van der Waals surface area contributed by atoms with Crippen LogP contribution in [-0.2, 0) is 0 Å². The van der Waals surface area contributed by atoms with E-state index in [9.17, 15) is 4.79 Å². The van der Waals surface area contributed by atoms with Gasteiger partial charge >= 0.3 is 0 Å². The fraction of sp³-hybridized carbons (Fsp3) is 0.0667. The highest BCUT2D eigenvalue weighted by atomic mass is 32.1. The molecule has 3 aromatic rings. The van der Waals surface area contributed by atoms with Gasteiger partial charge in [0.15, 0.2) is 4.77 Å². The van der Waals surface area contributed by atoms with Crippen molar-refractivity contribution in [2.45, 2.75) is 0 Å². The maximum absolute atomic E-state index is 12.6. The molecule has 0 spiro atoms. The van der Waals surface area contributed by atoms with Gasteiger partial charge in [-0.15, -0.1) is 0 Å². The van der Waals surface area contributed by atoms with Gasteiger partial charge in [0.25, 0.3) is 5.56 Å². The van der Waals surface area contributed by atoms with Crippen LogP contribution in [0.4, 0.5) is 0 Å². The highest BCUT2D eigenvalue weighted by Gasteiger charge is 2.10. The summed E-state index contributed by atoms with van der Waals surface area (Å²) in [6, 6.07) is 14.7. The summed E-state index contributed by atoms with van der Waals surface area (Å²) in [5, 5.41) is 0.543. The SMILES string of the molecule is COc1cccc2c(=O)n(-c3ccccc3)c(=S)[nH]c12. The first-order valence-corrected chi connectivity index (χ1v) is 6.50. The van der Waals surface area contributed by atoms with Crippen LogP contribution in [0, 0.1) is 4.77 Å². The van der Waals surface area contributed by atoms with Gasteiger partial charge in [-0.25, -0.2) is 0 Å². The van der Waals surface area contributed by atoms with Gasteiger partial charge in [0.2, 0.25) is 0 Å². The monoisotopic (exact) mass is 284 g/mol. The largest absolute Gasteiger partial charge is 0.495 e. The third-order valence-electron chi connectivity index (χ3n) is 3.13. The van der Waals surface area contributed by atoms with Crippen molar-refractivity contribution < 1.29 is 4.74 Å². The zero-order valence-corrected chi connectivity index (χ0v) is 11.6. The number of aromatic nitrogens is 2. The van der Waals surface area contributed by atoms with E-state index >= 15 is 0 Å². The molecule has 1 aromatic heterocycles. The summed E-state index contributed by atoms with van der Waals surface area (Å²) in [7, 11) is 1.56. The smallest absolute Gasteiger partial charge is 0.266 e. The Balaban J connectivity index is 2.43. The average Bonchev–Trinajstić information content (AvgIpc) is 2.48. The first-order chi connectivity index (χ1) is 9.72. The number of benzene rings is 2. The van der Waals surface area contributed by atoms with Gasteiger partial charge in [0.05, 0.1) is 23.7 Å². The van der Waals surface area contributed by atoms with E-state index in [1.165, 1.54) is 4.57 Å². The predicted molar refractivity (Wildman–Crippen MR) is 81.3 cm³/mol. The molecule has 0 fully saturated rings. The Bertz CT molecular complexity index is 882. The number of nitrogens with zero attached hydrogens (tertiary/aromatic N) is 1. The van der Waals surface area contributed by atoms with Gasteiger partial charge < -0.3 is 9.72 Å². The fourth-order valence-corrected chi connectivity index (χ4v) is 2.49. The van der Waals surface area contributed by atoms with Crippen LogP contribution in [0.5, 0.6) is 5.75 Å². The average molecular weight is 284 g/mol. The Labute approximate surface area is 120 Å². The Morgan fingerprint density at radius 1 is 1.10 bits per heavy atom. The maximum Gasteiger partial charge on any atom is 0.266 e. The van der Waals surface area contributed by atoms with Crippen LogP contribution in [0.1, 0.15) is 0 Å². The second-order valence-electron chi connectivity index (χ2n) is 4.29. The molecule has 3 rings (SSSR count). The Hall–Kier alpha value is -2.40. The van der Waals surface area contributed by atoms with E-state index in [4.69, 9.17) is 17.0 Å². The molecule has 0 atom stereocenters. The number of ether oxygens (including phenoxy) is 1. The van der Waals surface area contributed by atoms with Crippen molar-refractivity contribution >= 4 is 23.1 Å². The molecular weight excluding hydrogens is 272 g/mol. The fourth-order valence-electron chi connectivity index (χ4n) is 2.20. The number of methoxy groups -OCH3 is 1. The van der Waals surface area contributed by atoms with E-state index in [2.05, 4.69) is 4.98 Å². The van der Waals surface area contributed by atoms with Crippen LogP contribution >= 0.6 is 12.2 Å². The molecule has 4 nitrogen and oxygen atoms in total. The standard InChI is InChI=1S/C15H12N2O2S/c1-19-12-9-5-8-11-13(12)16-15(20)17(14(11)18)10-6-3-2-4-7-10/h2-9H,1H3,(H,16,20). The summed E-state index contributed by atoms with van der Waals surface area (Å²) < 4.78 is 7.09. The molecule has 0 amide bonds. The van der Waals surface area contributed by atoms with Crippen LogP contribution in [0.15, 0.2) is 53.3 Å². The van der Waals surface area contributed by atoms with Crippen LogP contribution in [0.3, 0.4) is 0 Å². The molecule has 0 saturated carbocycles. The number of para-hydroxylation sites is 2. The van der Waals surface area contributed by atoms with Crippen molar-refractivity contribution in [3.05, 3.63) is 63.7 Å². The summed E-state index contributed by atoms with van der Waals surface area (Å²) in [6.45, 7) is 0. The first kappa shape index (κ1) is 12.6. The number of hydrogen-bond acceptors (Lipinski definition) is 3. The van der Waals surface area contributed by atoms with Gasteiger partial charge in [-0.2, -0.15) is 0 Å². The minimum Gasteiger partial charge on any atom is -0.495 e. The van der Waals surface area contributed by atoms with E-state index in [0.29, 0.717) is 21.4 Å². The molecule has 1 N–H and O–H groups in total. The van der Waals surface area contributed by atoms with Gasteiger partial charge in [-0.1, -0.05) is 24.3 Å². The number of fused-ring (bicyclic) bond motifs is 1. The zero-order chi connectivity index (χ0) is 14.1. The van der Waals surface area contributed by atoms with Crippen LogP contribution in [0.25, 0.3) is 16.6 Å². The van der Waals surface area contributed by atoms with Gasteiger partial charge in [0.1, 0.15) is 5.75 Å². The molecule has 0 aliphatic heterocycles. The number of rotatable bonds is 2. The lowest BCUT2D eigenvalue weighted by atomic mass is 10.2. The van der Waals surface area contributed by atoms with E-state index < -0.39 is 0 Å². The molecule has 0 aliphatic carbocycles. The molecule has 100 valence electrons. The summed E-state index contributed by atoms with van der Waals surface area (Å²) >= 11 is 5.31. The van der Waals surface area contributed by atoms with E-state index in [1.54, 1.807) is 25.3 Å². The number of H-pyrrole nitrogens is 1. The normalized spacial score (nSPS) is 10.7. The molecular formula is C15H12N2O2S. The van der Waals surface area contributed by atoms with Crippen molar-refractivity contribution in [2.24, 2.45) is 0 Å². The molecule has 0 saturated heterocycles. The molecule has 5 heteroatoms. The van der Waals surface area contributed by atoms with Crippen molar-refractivity contribution in [1.82, 2.24) is 9.55 Å². The number of hydrogen-bond donors (Lipinski definition) is 1. The number of aromatic amines is 1. The minimum atomic E-state index is -0.158. The van der Waals surface area contributed by atoms with Crippen molar-refractivity contribution in [3.8, 4) is 11.4 Å². The summed E-state index contributed by atoms with van der Waals surface area (Å²) in [5.41, 5.74) is 1.20. The van der Waals surface area contributed by atoms with Gasteiger partial charge in [0, 0.05) is 0 Å². The van der Waals surface area contributed by atoms with Gasteiger partial charge in [-0.3, -0.25) is 9.36 Å². The molecule has 1 heterocycles. The molecule has 0 aliphatic rings. The lowest BCUT2D eigenvalue weighted by Gasteiger charge is -2.10. The van der Waals surface area contributed by atoms with Crippen molar-refractivity contribution in [3.63, 3.8) is 0 Å². The lowest BCUT2D eigenvalue weighted by Crippen LogP contribution is -2.20. The minimum absolute atomic E-state index is 0.158. The van der Waals surface area contributed by atoms with Crippen molar-refractivity contribution in [1.29, 1.82) is 0 Å². The summed E-state index contributed by atoms with van der Waals surface area (Å²) in [6.07, 6.45) is 0. The van der Waals surface area contributed by atoms with E-state index in [-0.39, 0.29) is 5.56 Å². The summed E-state index contributed by atoms with van der Waals surface area (Å²) in [5.74, 6) is 0.603. The Kier molecular flexibility index (Phi) is 3.12. The second-order valence-corrected chi connectivity index (χ2v) is 4.68. The Morgan fingerprint density at radius 3 is 2.55 bits per heavy atom. The molecule has 0 unspecified atom stereocenters. The van der Waals surface area contributed by atoms with Crippen LogP contribution in [-0.4, -0.2) is 16.7 Å². The second kappa shape index (κ2) is 4.94. The quantitative estimate of drug-likeness (QED) is 0.736. The molecule has 0 radical (unpaired) electrons. The number of nitrogens with one attached hydrogen (secondary N) is 1. The van der Waals surface area contributed by atoms with Crippen LogP contribution < -0.4 is 10.3 Å². The topological polar surface area (TPSA) is 47.0 Å². The summed E-state index contributed by atoms with van der Waals surface area (Å²) in [4.78, 5) is 15.7. The highest BCUT2D eigenvalue weighted by molar-refractivity contribution is 7.71. The van der Waals surface area contributed by atoms with Crippen LogP contribution in [0.2, 0.25) is 0 Å². The van der Waals surface area contributed by atoms with Crippen molar-refractivity contribution in [2.75, 3.05) is 7.11 Å². The predicted octanol–water partition coefficient (Wildman–Crippen LogP) is 3.06. The molecule has 20 heavy (non-hydrogen) atoms. The lowest BCUT2D eigenvalue weighted by molar-refractivity contribution is 0.418. The van der Waals surface area contributed by atoms with E-state index in [1.807, 2.05) is 30.3 Å². The maximum atomic E-state index is 12.6. The first-order valence-electron chi connectivity index (χ1n) is 6.10. The Morgan fingerprint density at radius 2 is 1.85 bits per heavy atom.